The maximum Gasteiger partial charge on any atom is 0.0475 e. The summed E-state index contributed by atoms with van der Waals surface area (Å²) in [6.07, 6.45) is 5.26. The van der Waals surface area contributed by atoms with Crippen molar-refractivity contribution in [3.8, 4) is 0 Å². The Hall–Kier alpha value is -0.860. The van der Waals surface area contributed by atoms with Crippen molar-refractivity contribution in [1.29, 1.82) is 0 Å². The van der Waals surface area contributed by atoms with Gasteiger partial charge in [0, 0.05) is 18.1 Å². The molecule has 2 rings (SSSR count). The molecule has 20 heavy (non-hydrogen) atoms. The SMILES string of the molecule is CCNC(c1ccc(CC)cc1)C(C)N(C)C1CCC1. The van der Waals surface area contributed by atoms with Crippen LogP contribution in [0.3, 0.4) is 0 Å². The van der Waals surface area contributed by atoms with Gasteiger partial charge >= 0.3 is 0 Å². The minimum atomic E-state index is 0.427. The van der Waals surface area contributed by atoms with Gasteiger partial charge in [0.05, 0.1) is 0 Å². The molecule has 0 aromatic heterocycles. The molecule has 0 bridgehead atoms. The minimum absolute atomic E-state index is 0.427. The predicted octanol–water partition coefficient (Wildman–Crippen LogP) is 3.77. The molecule has 0 aliphatic heterocycles. The third-order valence-corrected chi connectivity index (χ3v) is 4.95. The Kier molecular flexibility index (Phi) is 5.62. The number of nitrogens with one attached hydrogen (secondary N) is 1. The monoisotopic (exact) mass is 274 g/mol. The van der Waals surface area contributed by atoms with E-state index < -0.39 is 0 Å². The van der Waals surface area contributed by atoms with Crippen molar-refractivity contribution in [1.82, 2.24) is 10.2 Å². The van der Waals surface area contributed by atoms with Crippen LogP contribution in [0.4, 0.5) is 0 Å². The van der Waals surface area contributed by atoms with Crippen molar-refractivity contribution in [2.45, 2.75) is 64.6 Å². The zero-order chi connectivity index (χ0) is 14.5. The summed E-state index contributed by atoms with van der Waals surface area (Å²) < 4.78 is 0. The molecule has 1 saturated carbocycles. The Labute approximate surface area is 124 Å². The Morgan fingerprint density at radius 3 is 2.30 bits per heavy atom. The lowest BCUT2D eigenvalue weighted by Gasteiger charge is -2.42. The van der Waals surface area contributed by atoms with E-state index >= 15 is 0 Å². The first-order valence-corrected chi connectivity index (χ1v) is 8.21. The topological polar surface area (TPSA) is 15.3 Å². The van der Waals surface area contributed by atoms with Gasteiger partial charge in [-0.3, -0.25) is 4.90 Å². The minimum Gasteiger partial charge on any atom is -0.309 e. The Bertz CT molecular complexity index is 394. The largest absolute Gasteiger partial charge is 0.309 e. The number of aryl methyl sites for hydroxylation is 1. The van der Waals surface area contributed by atoms with Crippen molar-refractivity contribution < 1.29 is 0 Å². The molecule has 0 saturated heterocycles. The quantitative estimate of drug-likeness (QED) is 0.814. The van der Waals surface area contributed by atoms with Crippen LogP contribution in [0, 0.1) is 0 Å². The number of likely N-dealkylation sites (N-methyl/N-ethyl adjacent to an activating group) is 2. The van der Waals surface area contributed by atoms with Crippen molar-refractivity contribution >= 4 is 0 Å². The van der Waals surface area contributed by atoms with Crippen LogP contribution in [0.2, 0.25) is 0 Å². The zero-order valence-corrected chi connectivity index (χ0v) is 13.5. The number of nitrogens with zero attached hydrogens (tertiary/aromatic N) is 1. The molecule has 0 spiro atoms. The molecule has 2 nitrogen and oxygen atoms in total. The van der Waals surface area contributed by atoms with Gasteiger partial charge < -0.3 is 5.32 Å². The second kappa shape index (κ2) is 7.24. The number of hydrogen-bond donors (Lipinski definition) is 1. The van der Waals surface area contributed by atoms with Gasteiger partial charge in [-0.25, -0.2) is 0 Å². The molecule has 1 N–H and O–H groups in total. The molecule has 2 unspecified atom stereocenters. The van der Waals surface area contributed by atoms with Gasteiger partial charge in [-0.1, -0.05) is 44.5 Å². The average Bonchev–Trinajstić information content (AvgIpc) is 2.42. The first-order valence-electron chi connectivity index (χ1n) is 8.21. The van der Waals surface area contributed by atoms with E-state index in [1.165, 1.54) is 30.4 Å². The zero-order valence-electron chi connectivity index (χ0n) is 13.5. The molecule has 1 aromatic rings. The van der Waals surface area contributed by atoms with E-state index in [4.69, 9.17) is 0 Å². The summed E-state index contributed by atoms with van der Waals surface area (Å²) in [5.41, 5.74) is 2.84. The lowest BCUT2D eigenvalue weighted by Crippen LogP contribution is -2.48. The fourth-order valence-electron chi connectivity index (χ4n) is 3.11. The fraction of sp³-hybridized carbons (Fsp3) is 0.667. The summed E-state index contributed by atoms with van der Waals surface area (Å²) in [4.78, 5) is 2.57. The van der Waals surface area contributed by atoms with Crippen molar-refractivity contribution in [3.05, 3.63) is 35.4 Å². The Balaban J connectivity index is 2.11. The average molecular weight is 274 g/mol. The third-order valence-electron chi connectivity index (χ3n) is 4.95. The first-order chi connectivity index (χ1) is 9.67. The highest BCUT2D eigenvalue weighted by Gasteiger charge is 2.30. The van der Waals surface area contributed by atoms with Crippen LogP contribution < -0.4 is 5.32 Å². The highest BCUT2D eigenvalue weighted by molar-refractivity contribution is 5.26. The fourth-order valence-corrected chi connectivity index (χ4v) is 3.11. The van der Waals surface area contributed by atoms with Gasteiger partial charge in [0.15, 0.2) is 0 Å². The van der Waals surface area contributed by atoms with E-state index in [-0.39, 0.29) is 0 Å². The first kappa shape index (κ1) is 15.5. The van der Waals surface area contributed by atoms with Gasteiger partial charge in [0.25, 0.3) is 0 Å². The maximum atomic E-state index is 3.68. The molecule has 1 aromatic carbocycles. The highest BCUT2D eigenvalue weighted by Crippen LogP contribution is 2.29. The van der Waals surface area contributed by atoms with E-state index in [0.29, 0.717) is 12.1 Å². The summed E-state index contributed by atoms with van der Waals surface area (Å²) in [5, 5.41) is 3.68. The molecular weight excluding hydrogens is 244 g/mol. The van der Waals surface area contributed by atoms with E-state index in [2.05, 4.69) is 62.3 Å². The van der Waals surface area contributed by atoms with Crippen LogP contribution >= 0.6 is 0 Å². The molecule has 2 atom stereocenters. The number of benzene rings is 1. The molecule has 1 aliphatic carbocycles. The summed E-state index contributed by atoms with van der Waals surface area (Å²) in [6.45, 7) is 7.79. The summed E-state index contributed by atoms with van der Waals surface area (Å²) in [5.74, 6) is 0. The predicted molar refractivity (Wildman–Crippen MR) is 87.1 cm³/mol. The van der Waals surface area contributed by atoms with Gasteiger partial charge in [-0.05, 0) is 50.9 Å². The lowest BCUT2D eigenvalue weighted by molar-refractivity contribution is 0.0963. The van der Waals surface area contributed by atoms with Crippen LogP contribution in [-0.2, 0) is 6.42 Å². The Morgan fingerprint density at radius 2 is 1.85 bits per heavy atom. The van der Waals surface area contributed by atoms with Crippen molar-refractivity contribution in [2.24, 2.45) is 0 Å². The van der Waals surface area contributed by atoms with Gasteiger partial charge in [-0.2, -0.15) is 0 Å². The van der Waals surface area contributed by atoms with Gasteiger partial charge in [0.2, 0.25) is 0 Å². The van der Waals surface area contributed by atoms with Crippen LogP contribution in [-0.4, -0.2) is 30.6 Å². The molecule has 0 radical (unpaired) electrons. The van der Waals surface area contributed by atoms with Crippen LogP contribution in [0.15, 0.2) is 24.3 Å². The summed E-state index contributed by atoms with van der Waals surface area (Å²) in [7, 11) is 2.29. The summed E-state index contributed by atoms with van der Waals surface area (Å²) >= 11 is 0. The standard InChI is InChI=1S/C18H30N2/c1-5-15-10-12-16(13-11-15)18(19-6-2)14(3)20(4)17-8-7-9-17/h10-14,17-19H,5-9H2,1-4H3. The third kappa shape index (κ3) is 3.42. The second-order valence-electron chi connectivity index (χ2n) is 6.12. The summed E-state index contributed by atoms with van der Waals surface area (Å²) in [6, 6.07) is 10.9. The highest BCUT2D eigenvalue weighted by atomic mass is 15.2. The van der Waals surface area contributed by atoms with E-state index in [0.717, 1.165) is 19.0 Å². The van der Waals surface area contributed by atoms with Crippen molar-refractivity contribution in [3.63, 3.8) is 0 Å². The van der Waals surface area contributed by atoms with Gasteiger partial charge in [0.1, 0.15) is 0 Å². The number of rotatable bonds is 7. The van der Waals surface area contributed by atoms with E-state index in [9.17, 15) is 0 Å². The number of hydrogen-bond acceptors (Lipinski definition) is 2. The van der Waals surface area contributed by atoms with E-state index in [1.807, 2.05) is 0 Å². The molecule has 2 heteroatoms. The molecule has 0 amide bonds. The molecule has 1 fully saturated rings. The maximum absolute atomic E-state index is 3.68. The molecule has 0 heterocycles. The van der Waals surface area contributed by atoms with Crippen LogP contribution in [0.25, 0.3) is 0 Å². The molecular formula is C18H30N2. The van der Waals surface area contributed by atoms with Crippen molar-refractivity contribution in [2.75, 3.05) is 13.6 Å². The Morgan fingerprint density at radius 1 is 1.20 bits per heavy atom. The smallest absolute Gasteiger partial charge is 0.0475 e. The van der Waals surface area contributed by atoms with E-state index in [1.54, 1.807) is 0 Å². The van der Waals surface area contributed by atoms with Gasteiger partial charge in [-0.15, -0.1) is 0 Å². The normalized spacial score (nSPS) is 18.9. The molecule has 1 aliphatic rings. The lowest BCUT2D eigenvalue weighted by atomic mass is 9.89. The van der Waals surface area contributed by atoms with Crippen LogP contribution in [0.1, 0.15) is 57.2 Å². The van der Waals surface area contributed by atoms with Crippen LogP contribution in [0.5, 0.6) is 0 Å². The second-order valence-corrected chi connectivity index (χ2v) is 6.12. The molecule has 112 valence electrons.